The van der Waals surface area contributed by atoms with Crippen molar-refractivity contribution in [3.8, 4) is 0 Å². The minimum atomic E-state index is -3.93. The first-order chi connectivity index (χ1) is 13.4. The van der Waals surface area contributed by atoms with Crippen molar-refractivity contribution in [3.63, 3.8) is 0 Å². The lowest BCUT2D eigenvalue weighted by molar-refractivity contribution is 0.102. The second-order valence-corrected chi connectivity index (χ2v) is 8.71. The van der Waals surface area contributed by atoms with Gasteiger partial charge in [-0.3, -0.25) is 14.8 Å². The van der Waals surface area contributed by atoms with Gasteiger partial charge >= 0.3 is 0 Å². The third kappa shape index (κ3) is 4.71. The van der Waals surface area contributed by atoms with Gasteiger partial charge in [0.15, 0.2) is 0 Å². The summed E-state index contributed by atoms with van der Waals surface area (Å²) in [6.07, 6.45) is 0. The maximum absolute atomic E-state index is 12.5. The molecule has 0 aliphatic heterocycles. The van der Waals surface area contributed by atoms with Crippen molar-refractivity contribution in [2.45, 2.75) is 17.9 Å². The molecule has 2 N–H and O–H groups in total. The van der Waals surface area contributed by atoms with E-state index >= 15 is 0 Å². The van der Waals surface area contributed by atoms with Crippen LogP contribution in [0.4, 0.5) is 10.8 Å². The number of ether oxygens (including phenoxy) is 1. The molecule has 0 aliphatic rings. The predicted molar refractivity (Wildman–Crippen MR) is 107 cm³/mol. The number of carbonyl (C=O) groups excluding carboxylic acids is 1. The molecule has 0 saturated heterocycles. The molecule has 10 heteroatoms. The average Bonchev–Trinajstić information content (AvgIpc) is 3.12. The number of nitrogens with one attached hydrogen (secondary N) is 2. The number of sulfonamides is 1. The Hall–Kier alpha value is -2.82. The van der Waals surface area contributed by atoms with Crippen LogP contribution in [0.15, 0.2) is 52.9 Å². The van der Waals surface area contributed by atoms with Crippen LogP contribution in [-0.4, -0.2) is 31.6 Å². The summed E-state index contributed by atoms with van der Waals surface area (Å²) in [5.41, 5.74) is 2.49. The lowest BCUT2D eigenvalue weighted by Crippen LogP contribution is -2.13. The summed E-state index contributed by atoms with van der Waals surface area (Å²) in [4.78, 5) is 12.3. The molecular formula is C18H18N4O4S2. The van der Waals surface area contributed by atoms with Crippen molar-refractivity contribution >= 4 is 38.1 Å². The molecule has 8 nitrogen and oxygen atoms in total. The zero-order valence-corrected chi connectivity index (χ0v) is 16.8. The van der Waals surface area contributed by atoms with E-state index in [1.165, 1.54) is 0 Å². The van der Waals surface area contributed by atoms with E-state index in [-0.39, 0.29) is 15.4 Å². The minimum Gasteiger partial charge on any atom is -0.380 e. The zero-order chi connectivity index (χ0) is 20.1. The number of rotatable bonds is 7. The number of anilines is 2. The summed E-state index contributed by atoms with van der Waals surface area (Å²) in [7, 11) is -2.37. The Kier molecular flexibility index (Phi) is 6.02. The molecule has 3 rings (SSSR count). The molecule has 0 bridgehead atoms. The second-order valence-electron chi connectivity index (χ2n) is 5.88. The molecule has 0 fully saturated rings. The monoisotopic (exact) mass is 418 g/mol. The topological polar surface area (TPSA) is 110 Å². The van der Waals surface area contributed by atoms with Gasteiger partial charge in [-0.15, -0.1) is 10.2 Å². The second kappa shape index (κ2) is 8.46. The van der Waals surface area contributed by atoms with Crippen LogP contribution in [0.1, 0.15) is 21.5 Å². The third-order valence-electron chi connectivity index (χ3n) is 3.74. The van der Waals surface area contributed by atoms with Crippen LogP contribution in [0, 0.1) is 6.92 Å². The molecule has 0 radical (unpaired) electrons. The number of carbonyl (C=O) groups is 1. The van der Waals surface area contributed by atoms with Crippen LogP contribution in [0.25, 0.3) is 0 Å². The first-order valence-electron chi connectivity index (χ1n) is 8.20. The van der Waals surface area contributed by atoms with Crippen LogP contribution in [0.2, 0.25) is 0 Å². The van der Waals surface area contributed by atoms with Gasteiger partial charge in [-0.25, -0.2) is 0 Å². The summed E-state index contributed by atoms with van der Waals surface area (Å²) in [6.45, 7) is 2.18. The average molecular weight is 419 g/mol. The van der Waals surface area contributed by atoms with E-state index in [4.69, 9.17) is 4.74 Å². The van der Waals surface area contributed by atoms with Gasteiger partial charge in [-0.1, -0.05) is 41.7 Å². The predicted octanol–water partition coefficient (Wildman–Crippen LogP) is 3.05. The van der Waals surface area contributed by atoms with Crippen LogP contribution in [-0.2, 0) is 21.4 Å². The Morgan fingerprint density at radius 3 is 2.68 bits per heavy atom. The molecule has 146 valence electrons. The minimum absolute atomic E-state index is 0.0989. The van der Waals surface area contributed by atoms with Crippen molar-refractivity contribution in [1.82, 2.24) is 10.2 Å². The summed E-state index contributed by atoms with van der Waals surface area (Å²) in [6, 6.07) is 13.9. The highest BCUT2D eigenvalue weighted by Gasteiger charge is 2.21. The van der Waals surface area contributed by atoms with Gasteiger partial charge in [0.2, 0.25) is 5.13 Å². The highest BCUT2D eigenvalue weighted by atomic mass is 32.2. The van der Waals surface area contributed by atoms with Gasteiger partial charge < -0.3 is 4.74 Å². The molecule has 0 aliphatic carbocycles. The number of methoxy groups -OCH3 is 1. The van der Waals surface area contributed by atoms with E-state index in [9.17, 15) is 13.2 Å². The summed E-state index contributed by atoms with van der Waals surface area (Å²) < 4.78 is 32.3. The van der Waals surface area contributed by atoms with Crippen molar-refractivity contribution in [1.29, 1.82) is 0 Å². The number of benzene rings is 2. The Morgan fingerprint density at radius 2 is 1.93 bits per heavy atom. The van der Waals surface area contributed by atoms with Gasteiger partial charge in [-0.05, 0) is 36.2 Å². The standard InChI is InChI=1S/C18H18N4O4S2/c1-12-6-3-4-9-15(12)16(23)19-17-20-21-18(27-17)28(24,25)22-14-8-5-7-13(10-14)11-26-2/h3-10,22H,11H2,1-2H3,(H,19,20,23). The van der Waals surface area contributed by atoms with E-state index in [0.29, 0.717) is 17.9 Å². The lowest BCUT2D eigenvalue weighted by atomic mass is 10.1. The fraction of sp³-hybridized carbons (Fsp3) is 0.167. The molecule has 0 saturated carbocycles. The van der Waals surface area contributed by atoms with E-state index in [2.05, 4.69) is 20.2 Å². The van der Waals surface area contributed by atoms with E-state index in [1.54, 1.807) is 37.4 Å². The summed E-state index contributed by atoms with van der Waals surface area (Å²) >= 11 is 0.773. The Bertz CT molecular complexity index is 1100. The highest BCUT2D eigenvalue weighted by molar-refractivity contribution is 7.94. The molecular weight excluding hydrogens is 400 g/mol. The van der Waals surface area contributed by atoms with Gasteiger partial charge in [0.25, 0.3) is 20.3 Å². The molecule has 3 aromatic rings. The van der Waals surface area contributed by atoms with Crippen molar-refractivity contribution in [2.24, 2.45) is 0 Å². The van der Waals surface area contributed by atoms with E-state index < -0.39 is 10.0 Å². The Morgan fingerprint density at radius 1 is 1.14 bits per heavy atom. The Labute approximate surface area is 166 Å². The van der Waals surface area contributed by atoms with Gasteiger partial charge in [0.1, 0.15) is 0 Å². The van der Waals surface area contributed by atoms with Crippen LogP contribution in [0.3, 0.4) is 0 Å². The molecule has 0 atom stereocenters. The largest absolute Gasteiger partial charge is 0.380 e. The first-order valence-corrected chi connectivity index (χ1v) is 10.5. The molecule has 0 spiro atoms. The SMILES string of the molecule is COCc1cccc(NS(=O)(=O)c2nnc(NC(=O)c3ccccc3C)s2)c1. The Balaban J connectivity index is 1.74. The molecule has 1 aromatic heterocycles. The molecule has 0 unspecified atom stereocenters. The number of hydrogen-bond donors (Lipinski definition) is 2. The number of aryl methyl sites for hydroxylation is 1. The number of hydrogen-bond acceptors (Lipinski definition) is 7. The van der Waals surface area contributed by atoms with E-state index in [0.717, 1.165) is 22.5 Å². The number of aromatic nitrogens is 2. The number of nitrogens with zero attached hydrogens (tertiary/aromatic N) is 2. The smallest absolute Gasteiger partial charge is 0.291 e. The normalized spacial score (nSPS) is 11.2. The maximum Gasteiger partial charge on any atom is 0.291 e. The van der Waals surface area contributed by atoms with Gasteiger partial charge in [-0.2, -0.15) is 8.42 Å². The quantitative estimate of drug-likeness (QED) is 0.571. The lowest BCUT2D eigenvalue weighted by Gasteiger charge is -2.07. The zero-order valence-electron chi connectivity index (χ0n) is 15.2. The summed E-state index contributed by atoms with van der Waals surface area (Å²) in [5.74, 6) is -0.376. The first kappa shape index (κ1) is 19.9. The fourth-order valence-corrected chi connectivity index (χ4v) is 4.40. The van der Waals surface area contributed by atoms with Gasteiger partial charge in [0, 0.05) is 18.4 Å². The number of amides is 1. The fourth-order valence-electron chi connectivity index (χ4n) is 2.45. The van der Waals surface area contributed by atoms with Crippen LogP contribution in [0.5, 0.6) is 0 Å². The molecule has 1 heterocycles. The van der Waals surface area contributed by atoms with Gasteiger partial charge in [0.05, 0.1) is 6.61 Å². The van der Waals surface area contributed by atoms with Crippen molar-refractivity contribution < 1.29 is 17.9 Å². The van der Waals surface area contributed by atoms with Crippen LogP contribution >= 0.6 is 11.3 Å². The highest BCUT2D eigenvalue weighted by Crippen LogP contribution is 2.24. The van der Waals surface area contributed by atoms with Crippen LogP contribution < -0.4 is 10.0 Å². The van der Waals surface area contributed by atoms with Crippen molar-refractivity contribution in [2.75, 3.05) is 17.1 Å². The molecule has 28 heavy (non-hydrogen) atoms. The van der Waals surface area contributed by atoms with Crippen molar-refractivity contribution in [3.05, 3.63) is 65.2 Å². The maximum atomic E-state index is 12.5. The third-order valence-corrected chi connectivity index (χ3v) is 6.32. The molecule has 2 aromatic carbocycles. The molecule has 1 amide bonds. The summed E-state index contributed by atoms with van der Waals surface area (Å²) in [5, 5.41) is 10.1. The van der Waals surface area contributed by atoms with E-state index in [1.807, 2.05) is 25.1 Å².